The predicted octanol–water partition coefficient (Wildman–Crippen LogP) is 2.19. The van der Waals surface area contributed by atoms with E-state index < -0.39 is 10.0 Å². The van der Waals surface area contributed by atoms with Gasteiger partial charge in [-0.1, -0.05) is 6.92 Å². The van der Waals surface area contributed by atoms with Crippen LogP contribution in [0.5, 0.6) is 11.5 Å². The largest absolute Gasteiger partial charge is 0.494 e. The van der Waals surface area contributed by atoms with Crippen molar-refractivity contribution < 1.29 is 22.7 Å². The van der Waals surface area contributed by atoms with E-state index in [1.807, 2.05) is 19.1 Å². The Kier molecular flexibility index (Phi) is 7.63. The number of carbonyl (C=O) groups is 1. The summed E-state index contributed by atoms with van der Waals surface area (Å²) in [6.07, 6.45) is 0. The Hall–Kier alpha value is -2.58. The summed E-state index contributed by atoms with van der Waals surface area (Å²) in [5, 5.41) is 2.73. The first kappa shape index (κ1) is 20.7. The molecule has 0 radical (unpaired) electrons. The molecule has 0 bridgehead atoms. The van der Waals surface area contributed by atoms with Crippen LogP contribution in [0, 0.1) is 0 Å². The number of hydrogen-bond acceptors (Lipinski definition) is 5. The fourth-order valence-electron chi connectivity index (χ4n) is 2.29. The van der Waals surface area contributed by atoms with Crippen molar-refractivity contribution in [3.05, 3.63) is 54.1 Å². The molecule has 0 saturated heterocycles. The molecule has 0 spiro atoms. The number of benzene rings is 2. The minimum atomic E-state index is -3.52. The van der Waals surface area contributed by atoms with Crippen molar-refractivity contribution in [3.63, 3.8) is 0 Å². The van der Waals surface area contributed by atoms with Crippen LogP contribution in [0.4, 0.5) is 0 Å². The summed E-state index contributed by atoms with van der Waals surface area (Å²) >= 11 is 0. The lowest BCUT2D eigenvalue weighted by atomic mass is 10.2. The van der Waals surface area contributed by atoms with Gasteiger partial charge in [0.2, 0.25) is 10.0 Å². The van der Waals surface area contributed by atoms with E-state index in [2.05, 4.69) is 10.0 Å². The zero-order valence-corrected chi connectivity index (χ0v) is 16.2. The lowest BCUT2D eigenvalue weighted by Crippen LogP contribution is -2.28. The molecular formula is C19H24N2O5S. The maximum atomic E-state index is 12.1. The van der Waals surface area contributed by atoms with Crippen LogP contribution in [0.2, 0.25) is 0 Å². The number of sulfonamides is 1. The van der Waals surface area contributed by atoms with E-state index in [0.29, 0.717) is 37.6 Å². The van der Waals surface area contributed by atoms with Crippen molar-refractivity contribution in [2.45, 2.75) is 18.7 Å². The Morgan fingerprint density at radius 3 is 2.07 bits per heavy atom. The van der Waals surface area contributed by atoms with Gasteiger partial charge in [-0.3, -0.25) is 4.79 Å². The molecule has 27 heavy (non-hydrogen) atoms. The quantitative estimate of drug-likeness (QED) is 0.605. The Balaban J connectivity index is 1.80. The van der Waals surface area contributed by atoms with Gasteiger partial charge in [0.1, 0.15) is 18.1 Å². The average molecular weight is 392 g/mol. The zero-order chi connectivity index (χ0) is 19.7. The van der Waals surface area contributed by atoms with Gasteiger partial charge < -0.3 is 14.8 Å². The van der Waals surface area contributed by atoms with Gasteiger partial charge in [0.25, 0.3) is 5.91 Å². The molecule has 2 aromatic rings. The first-order valence-corrected chi connectivity index (χ1v) is 10.2. The van der Waals surface area contributed by atoms with Crippen LogP contribution in [-0.2, 0) is 10.0 Å². The second-order valence-corrected chi connectivity index (χ2v) is 7.30. The second kappa shape index (κ2) is 9.94. The molecule has 2 aromatic carbocycles. The Morgan fingerprint density at radius 1 is 0.926 bits per heavy atom. The maximum absolute atomic E-state index is 12.1. The van der Waals surface area contributed by atoms with E-state index in [9.17, 15) is 13.2 Å². The molecule has 2 rings (SSSR count). The molecule has 8 heteroatoms. The number of carbonyl (C=O) groups excluding carboxylic acids is 1. The SMILES string of the molecule is CCNS(=O)(=O)c1ccc(C(=O)NCCOc2ccc(OCC)cc2)cc1. The number of ether oxygens (including phenoxy) is 2. The minimum Gasteiger partial charge on any atom is -0.494 e. The molecule has 0 aliphatic carbocycles. The summed E-state index contributed by atoms with van der Waals surface area (Å²) in [5.74, 6) is 1.17. The van der Waals surface area contributed by atoms with Gasteiger partial charge in [-0.05, 0) is 55.5 Å². The van der Waals surface area contributed by atoms with E-state index in [1.54, 1.807) is 19.1 Å². The number of rotatable bonds is 10. The molecular weight excluding hydrogens is 368 g/mol. The number of amides is 1. The topological polar surface area (TPSA) is 93.7 Å². The molecule has 7 nitrogen and oxygen atoms in total. The standard InChI is InChI=1S/C19H24N2O5S/c1-3-21-27(23,24)18-11-5-15(6-12-18)19(22)20-13-14-26-17-9-7-16(8-10-17)25-4-2/h5-12,21H,3-4,13-14H2,1-2H3,(H,20,22). The van der Waals surface area contributed by atoms with Gasteiger partial charge in [-0.15, -0.1) is 0 Å². The molecule has 0 atom stereocenters. The first-order chi connectivity index (χ1) is 13.0. The lowest BCUT2D eigenvalue weighted by Gasteiger charge is -2.09. The summed E-state index contributed by atoms with van der Waals surface area (Å²) in [6, 6.07) is 13.0. The summed E-state index contributed by atoms with van der Waals surface area (Å²) in [5.41, 5.74) is 0.381. The zero-order valence-electron chi connectivity index (χ0n) is 15.4. The molecule has 0 unspecified atom stereocenters. The molecule has 0 aliphatic rings. The van der Waals surface area contributed by atoms with Gasteiger partial charge in [0.05, 0.1) is 18.0 Å². The van der Waals surface area contributed by atoms with Crippen LogP contribution in [0.15, 0.2) is 53.4 Å². The van der Waals surface area contributed by atoms with Crippen molar-refractivity contribution in [2.75, 3.05) is 26.3 Å². The highest BCUT2D eigenvalue weighted by Gasteiger charge is 2.13. The Morgan fingerprint density at radius 2 is 1.52 bits per heavy atom. The van der Waals surface area contributed by atoms with Gasteiger partial charge >= 0.3 is 0 Å². The van der Waals surface area contributed by atoms with Crippen molar-refractivity contribution in [2.24, 2.45) is 0 Å². The maximum Gasteiger partial charge on any atom is 0.251 e. The minimum absolute atomic E-state index is 0.125. The molecule has 0 aliphatic heterocycles. The smallest absolute Gasteiger partial charge is 0.251 e. The summed E-state index contributed by atoms with van der Waals surface area (Å²) in [6.45, 7) is 5.17. The van der Waals surface area contributed by atoms with Crippen LogP contribution in [-0.4, -0.2) is 40.6 Å². The van der Waals surface area contributed by atoms with Crippen molar-refractivity contribution in [1.82, 2.24) is 10.0 Å². The Labute approximate surface area is 159 Å². The summed E-state index contributed by atoms with van der Waals surface area (Å²) < 4.78 is 37.1. The van der Waals surface area contributed by atoms with Crippen molar-refractivity contribution >= 4 is 15.9 Å². The lowest BCUT2D eigenvalue weighted by molar-refractivity contribution is 0.0947. The van der Waals surface area contributed by atoms with Crippen LogP contribution in [0.1, 0.15) is 24.2 Å². The highest BCUT2D eigenvalue weighted by Crippen LogP contribution is 2.17. The molecule has 0 aromatic heterocycles. The van der Waals surface area contributed by atoms with Gasteiger partial charge in [0, 0.05) is 12.1 Å². The van der Waals surface area contributed by atoms with E-state index in [-0.39, 0.29) is 10.8 Å². The van der Waals surface area contributed by atoms with Crippen LogP contribution >= 0.6 is 0 Å². The fraction of sp³-hybridized carbons (Fsp3) is 0.316. The van der Waals surface area contributed by atoms with E-state index in [1.165, 1.54) is 24.3 Å². The molecule has 146 valence electrons. The van der Waals surface area contributed by atoms with E-state index >= 15 is 0 Å². The van der Waals surface area contributed by atoms with E-state index in [4.69, 9.17) is 9.47 Å². The Bertz CT molecular complexity index is 833. The summed E-state index contributed by atoms with van der Waals surface area (Å²) in [7, 11) is -3.52. The van der Waals surface area contributed by atoms with Crippen molar-refractivity contribution in [3.8, 4) is 11.5 Å². The highest BCUT2D eigenvalue weighted by atomic mass is 32.2. The van der Waals surface area contributed by atoms with Gasteiger partial charge in [-0.2, -0.15) is 0 Å². The second-order valence-electron chi connectivity index (χ2n) is 5.53. The van der Waals surface area contributed by atoms with Crippen LogP contribution in [0.25, 0.3) is 0 Å². The molecule has 0 saturated carbocycles. The summed E-state index contributed by atoms with van der Waals surface area (Å²) in [4.78, 5) is 12.2. The highest BCUT2D eigenvalue weighted by molar-refractivity contribution is 7.89. The van der Waals surface area contributed by atoms with Crippen LogP contribution < -0.4 is 19.5 Å². The monoisotopic (exact) mass is 392 g/mol. The first-order valence-electron chi connectivity index (χ1n) is 8.70. The van der Waals surface area contributed by atoms with Crippen LogP contribution in [0.3, 0.4) is 0 Å². The fourth-order valence-corrected chi connectivity index (χ4v) is 3.33. The van der Waals surface area contributed by atoms with Gasteiger partial charge in [-0.25, -0.2) is 13.1 Å². The van der Waals surface area contributed by atoms with E-state index in [0.717, 1.165) is 5.75 Å². The number of nitrogens with one attached hydrogen (secondary N) is 2. The third-order valence-electron chi connectivity index (χ3n) is 3.55. The average Bonchev–Trinajstić information content (AvgIpc) is 2.66. The van der Waals surface area contributed by atoms with Crippen molar-refractivity contribution in [1.29, 1.82) is 0 Å². The van der Waals surface area contributed by atoms with Gasteiger partial charge in [0.15, 0.2) is 0 Å². The molecule has 0 fully saturated rings. The normalized spacial score (nSPS) is 11.0. The molecule has 1 amide bonds. The molecule has 0 heterocycles. The number of hydrogen-bond donors (Lipinski definition) is 2. The third-order valence-corrected chi connectivity index (χ3v) is 5.11. The predicted molar refractivity (Wildman–Crippen MR) is 103 cm³/mol. The third kappa shape index (κ3) is 6.26. The molecule has 2 N–H and O–H groups in total.